The van der Waals surface area contributed by atoms with Gasteiger partial charge in [0.1, 0.15) is 11.3 Å². The fourth-order valence-corrected chi connectivity index (χ4v) is 4.08. The van der Waals surface area contributed by atoms with E-state index >= 15 is 0 Å². The minimum absolute atomic E-state index is 0.0607. The smallest absolute Gasteiger partial charge is 0.387 e. The molecule has 148 valence electrons. The Morgan fingerprint density at radius 3 is 2.43 bits per heavy atom. The number of ether oxygens (including phenoxy) is 1. The van der Waals surface area contributed by atoms with E-state index in [1.807, 2.05) is 13.8 Å². The average molecular weight is 408 g/mol. The Morgan fingerprint density at radius 2 is 1.89 bits per heavy atom. The van der Waals surface area contributed by atoms with Crippen LogP contribution in [0.15, 0.2) is 30.3 Å². The van der Waals surface area contributed by atoms with Crippen molar-refractivity contribution in [3.63, 3.8) is 0 Å². The van der Waals surface area contributed by atoms with Crippen molar-refractivity contribution in [3.05, 3.63) is 51.2 Å². The van der Waals surface area contributed by atoms with Crippen LogP contribution >= 0.6 is 11.3 Å². The van der Waals surface area contributed by atoms with Crippen molar-refractivity contribution < 1.29 is 27.9 Å². The Hall–Kier alpha value is -2.81. The third-order valence-electron chi connectivity index (χ3n) is 4.57. The van der Waals surface area contributed by atoms with Crippen molar-refractivity contribution in [2.24, 2.45) is 0 Å². The molecule has 0 radical (unpaired) electrons. The molecule has 1 aromatic heterocycles. The fraction of sp³-hybridized carbons (Fsp3) is 0.316. The van der Waals surface area contributed by atoms with Crippen molar-refractivity contribution in [1.29, 1.82) is 0 Å². The van der Waals surface area contributed by atoms with E-state index in [1.165, 1.54) is 42.5 Å². The molecule has 1 aromatic carbocycles. The van der Waals surface area contributed by atoms with Crippen molar-refractivity contribution in [2.45, 2.75) is 32.9 Å². The highest BCUT2D eigenvalue weighted by Gasteiger charge is 2.49. The predicted molar refractivity (Wildman–Crippen MR) is 98.8 cm³/mol. The molecule has 1 atom stereocenters. The first-order chi connectivity index (χ1) is 13.1. The van der Waals surface area contributed by atoms with Gasteiger partial charge in [0.25, 0.3) is 5.91 Å². The normalized spacial score (nSPS) is 19.3. The molecule has 0 aliphatic carbocycles. The lowest BCUT2D eigenvalue weighted by Gasteiger charge is -2.22. The number of alkyl halides is 2. The van der Waals surface area contributed by atoms with Gasteiger partial charge in [-0.2, -0.15) is 8.78 Å². The number of hydrogen-bond acceptors (Lipinski definition) is 5. The first-order valence-corrected chi connectivity index (χ1v) is 9.23. The van der Waals surface area contributed by atoms with Crippen LogP contribution in [-0.4, -0.2) is 35.8 Å². The summed E-state index contributed by atoms with van der Waals surface area (Å²) in [4.78, 5) is 40.5. The number of nitrogens with zero attached hydrogens (tertiary/aromatic N) is 1. The zero-order valence-corrected chi connectivity index (χ0v) is 16.2. The van der Waals surface area contributed by atoms with Crippen LogP contribution in [0.3, 0.4) is 0 Å². The summed E-state index contributed by atoms with van der Waals surface area (Å²) in [6.07, 6.45) is 0. The molecule has 1 aliphatic rings. The van der Waals surface area contributed by atoms with Gasteiger partial charge in [-0.25, -0.2) is 4.79 Å². The number of halogens is 2. The molecule has 3 amide bonds. The molecular weight excluding hydrogens is 390 g/mol. The van der Waals surface area contributed by atoms with Crippen molar-refractivity contribution in [2.75, 3.05) is 6.54 Å². The van der Waals surface area contributed by atoms with E-state index in [0.29, 0.717) is 11.1 Å². The van der Waals surface area contributed by atoms with Crippen molar-refractivity contribution in [1.82, 2.24) is 10.2 Å². The van der Waals surface area contributed by atoms with E-state index in [4.69, 9.17) is 0 Å². The molecule has 0 unspecified atom stereocenters. The quantitative estimate of drug-likeness (QED) is 0.585. The molecule has 2 aromatic rings. The topological polar surface area (TPSA) is 75.7 Å². The largest absolute Gasteiger partial charge is 0.435 e. The number of Topliss-reactive ketones (excluding diaryl/α,β-unsaturated/α-hetero) is 1. The van der Waals surface area contributed by atoms with E-state index in [2.05, 4.69) is 10.1 Å². The second-order valence-corrected chi connectivity index (χ2v) is 8.06. The Balaban J connectivity index is 1.80. The summed E-state index contributed by atoms with van der Waals surface area (Å²) in [5.41, 5.74) is -0.518. The van der Waals surface area contributed by atoms with Gasteiger partial charge in [-0.3, -0.25) is 14.5 Å². The molecule has 2 heterocycles. The summed E-state index contributed by atoms with van der Waals surface area (Å²) in [6, 6.07) is 6.48. The number of nitrogens with one attached hydrogen (secondary N) is 1. The molecule has 0 saturated carbocycles. The first-order valence-electron chi connectivity index (χ1n) is 8.41. The molecular formula is C19H18F2N2O4S. The van der Waals surface area contributed by atoms with Gasteiger partial charge in [-0.1, -0.05) is 12.1 Å². The fourth-order valence-electron chi connectivity index (χ4n) is 3.14. The Bertz CT molecular complexity index is 942. The molecule has 9 heteroatoms. The second kappa shape index (κ2) is 7.31. The van der Waals surface area contributed by atoms with Crippen LogP contribution in [0.5, 0.6) is 5.75 Å². The van der Waals surface area contributed by atoms with Crippen LogP contribution < -0.4 is 10.1 Å². The number of imide groups is 1. The number of hydrogen-bond donors (Lipinski definition) is 1. The Labute approximate surface area is 164 Å². The zero-order valence-electron chi connectivity index (χ0n) is 15.4. The lowest BCUT2D eigenvalue weighted by molar-refractivity contribution is -0.130. The van der Waals surface area contributed by atoms with Gasteiger partial charge in [0, 0.05) is 15.3 Å². The number of amides is 3. The Morgan fingerprint density at radius 1 is 1.25 bits per heavy atom. The van der Waals surface area contributed by atoms with Gasteiger partial charge in [0.15, 0.2) is 5.78 Å². The lowest BCUT2D eigenvalue weighted by atomic mass is 9.92. The highest BCUT2D eigenvalue weighted by Crippen LogP contribution is 2.31. The number of aryl methyl sites for hydroxylation is 2. The van der Waals surface area contributed by atoms with E-state index in [0.717, 1.165) is 14.7 Å². The summed E-state index contributed by atoms with van der Waals surface area (Å²) >= 11 is 1.47. The number of carbonyl (C=O) groups excluding carboxylic acids is 3. The summed E-state index contributed by atoms with van der Waals surface area (Å²) in [6.45, 7) is 1.86. The summed E-state index contributed by atoms with van der Waals surface area (Å²) in [7, 11) is 0. The van der Waals surface area contributed by atoms with Crippen LogP contribution in [-0.2, 0) is 10.3 Å². The van der Waals surface area contributed by atoms with Gasteiger partial charge in [0.05, 0.1) is 6.54 Å². The number of urea groups is 1. The number of rotatable bonds is 6. The third-order valence-corrected chi connectivity index (χ3v) is 5.54. The third kappa shape index (κ3) is 3.62. The van der Waals surface area contributed by atoms with Gasteiger partial charge in [-0.15, -0.1) is 11.3 Å². The summed E-state index contributed by atoms with van der Waals surface area (Å²) in [5.74, 6) is -0.970. The molecule has 1 N–H and O–H groups in total. The monoisotopic (exact) mass is 408 g/mol. The maximum Gasteiger partial charge on any atom is 0.387 e. The number of thiophene rings is 1. The summed E-state index contributed by atoms with van der Waals surface area (Å²) < 4.78 is 28.9. The number of ketones is 1. The highest BCUT2D eigenvalue weighted by atomic mass is 32.1. The molecule has 1 aliphatic heterocycles. The second-order valence-electron chi connectivity index (χ2n) is 6.60. The maximum absolute atomic E-state index is 12.9. The van der Waals surface area contributed by atoms with Gasteiger partial charge < -0.3 is 10.1 Å². The zero-order chi connectivity index (χ0) is 20.6. The van der Waals surface area contributed by atoms with Crippen LogP contribution in [0.1, 0.15) is 32.6 Å². The van der Waals surface area contributed by atoms with Crippen LogP contribution in [0, 0.1) is 13.8 Å². The first kappa shape index (κ1) is 19.9. The molecule has 28 heavy (non-hydrogen) atoms. The molecule has 6 nitrogen and oxygen atoms in total. The molecule has 0 bridgehead atoms. The number of benzene rings is 1. The lowest BCUT2D eigenvalue weighted by Crippen LogP contribution is -2.41. The Kier molecular flexibility index (Phi) is 5.20. The SMILES string of the molecule is Cc1cc(C(=O)CN2C(=O)N[C@](C)(c3ccc(OC(F)F)cc3)C2=O)c(C)s1. The molecule has 3 rings (SSSR count). The molecule has 1 fully saturated rings. The molecule has 1 saturated heterocycles. The predicted octanol–water partition coefficient (Wildman–Crippen LogP) is 3.62. The molecule has 0 spiro atoms. The summed E-state index contributed by atoms with van der Waals surface area (Å²) in [5, 5.41) is 2.58. The van der Waals surface area contributed by atoms with Crippen molar-refractivity contribution in [3.8, 4) is 5.75 Å². The highest BCUT2D eigenvalue weighted by molar-refractivity contribution is 7.12. The van der Waals surface area contributed by atoms with Crippen LogP contribution in [0.25, 0.3) is 0 Å². The van der Waals surface area contributed by atoms with E-state index in [9.17, 15) is 23.2 Å². The van der Waals surface area contributed by atoms with E-state index in [-0.39, 0.29) is 18.1 Å². The van der Waals surface area contributed by atoms with E-state index < -0.39 is 24.1 Å². The standard InChI is InChI=1S/C19H18F2N2O4S/c1-10-8-14(11(2)28-10)15(24)9-23-16(25)19(3,22-18(23)26)12-4-6-13(7-5-12)27-17(20)21/h4-8,17H,9H2,1-3H3,(H,22,26)/t19-/m1/s1. The van der Waals surface area contributed by atoms with Gasteiger partial charge in [-0.05, 0) is 44.5 Å². The maximum atomic E-state index is 12.9. The number of carbonyl (C=O) groups is 3. The minimum Gasteiger partial charge on any atom is -0.435 e. The average Bonchev–Trinajstić information content (AvgIpc) is 3.06. The minimum atomic E-state index is -2.96. The van der Waals surface area contributed by atoms with Gasteiger partial charge in [0.2, 0.25) is 0 Å². The van der Waals surface area contributed by atoms with E-state index in [1.54, 1.807) is 6.07 Å². The van der Waals surface area contributed by atoms with Crippen molar-refractivity contribution >= 4 is 29.1 Å². The van der Waals surface area contributed by atoms with Crippen LogP contribution in [0.4, 0.5) is 13.6 Å². The van der Waals surface area contributed by atoms with Gasteiger partial charge >= 0.3 is 12.6 Å². The van der Waals surface area contributed by atoms with Crippen LogP contribution in [0.2, 0.25) is 0 Å².